The van der Waals surface area contributed by atoms with Gasteiger partial charge in [0.2, 0.25) is 0 Å². The van der Waals surface area contributed by atoms with Gasteiger partial charge in [0.1, 0.15) is 11.6 Å². The molecule has 1 aliphatic rings. The number of phenolic OH excluding ortho intramolecular Hbond substituents is 1. The van der Waals surface area contributed by atoms with Gasteiger partial charge in [-0.2, -0.15) is 0 Å². The van der Waals surface area contributed by atoms with E-state index < -0.39 is 0 Å². The minimum absolute atomic E-state index is 0.0981. The van der Waals surface area contributed by atoms with E-state index >= 15 is 0 Å². The van der Waals surface area contributed by atoms with Gasteiger partial charge < -0.3 is 10.4 Å². The maximum atomic E-state index is 14.2. The topological polar surface area (TPSA) is 61.7 Å². The highest BCUT2D eigenvalue weighted by atomic mass is 32.2. The normalized spacial score (nSPS) is 13.1. The molecule has 4 aromatic carbocycles. The van der Waals surface area contributed by atoms with Gasteiger partial charge in [0.15, 0.2) is 0 Å². The minimum atomic E-state index is -0.365. The lowest BCUT2D eigenvalue weighted by Gasteiger charge is -2.13. The Bertz CT molecular complexity index is 1440. The molecule has 0 saturated heterocycles. The number of carbonyl (C=O) groups is 1. The van der Waals surface area contributed by atoms with Crippen molar-refractivity contribution in [3.63, 3.8) is 0 Å². The minimum Gasteiger partial charge on any atom is -0.508 e. The predicted octanol–water partition coefficient (Wildman–Crippen LogP) is 6.70. The van der Waals surface area contributed by atoms with E-state index in [0.29, 0.717) is 34.6 Å². The van der Waals surface area contributed by atoms with Crippen LogP contribution in [-0.4, -0.2) is 23.3 Å². The van der Waals surface area contributed by atoms with Gasteiger partial charge in [-0.3, -0.25) is 4.79 Å². The summed E-state index contributed by atoms with van der Waals surface area (Å²) in [6, 6.07) is 26.8. The Kier molecular flexibility index (Phi) is 6.38. The van der Waals surface area contributed by atoms with Crippen LogP contribution in [0, 0.1) is 5.82 Å². The average molecular weight is 483 g/mol. The van der Waals surface area contributed by atoms with Crippen molar-refractivity contribution in [1.29, 1.82) is 0 Å². The number of phenols is 1. The van der Waals surface area contributed by atoms with Crippen LogP contribution < -0.4 is 5.32 Å². The smallest absolute Gasteiger partial charge is 0.251 e. The molecule has 0 bridgehead atoms. The van der Waals surface area contributed by atoms with Crippen LogP contribution in [0.5, 0.6) is 5.75 Å². The molecule has 35 heavy (non-hydrogen) atoms. The van der Waals surface area contributed by atoms with Gasteiger partial charge in [-0.25, -0.2) is 9.38 Å². The van der Waals surface area contributed by atoms with Crippen molar-refractivity contribution >= 4 is 29.1 Å². The maximum Gasteiger partial charge on any atom is 0.251 e. The zero-order valence-corrected chi connectivity index (χ0v) is 19.9. The third kappa shape index (κ3) is 4.98. The average Bonchev–Trinajstić information content (AvgIpc) is 3.03. The number of rotatable bonds is 5. The monoisotopic (exact) mass is 482 g/mol. The Balaban J connectivity index is 1.48. The van der Waals surface area contributed by atoms with Crippen LogP contribution in [0.15, 0.2) is 106 Å². The summed E-state index contributed by atoms with van der Waals surface area (Å²) in [6.45, 7) is 2.59. The fraction of sp³-hybridized carbons (Fsp3) is 0.103. The van der Waals surface area contributed by atoms with E-state index in [1.54, 1.807) is 36.4 Å². The Morgan fingerprint density at radius 1 is 0.971 bits per heavy atom. The van der Waals surface area contributed by atoms with Crippen molar-refractivity contribution in [2.75, 3.05) is 6.54 Å². The van der Waals surface area contributed by atoms with Crippen LogP contribution in [0.25, 0.3) is 0 Å². The number of nitrogens with zero attached hydrogens (tertiary/aromatic N) is 1. The summed E-state index contributed by atoms with van der Waals surface area (Å²) >= 11 is 1.48. The molecule has 6 heteroatoms. The summed E-state index contributed by atoms with van der Waals surface area (Å²) in [5, 5.41) is 13.0. The number of amides is 1. The molecular formula is C29H23FN2O2S. The standard InChI is InChI=1S/C29H23FN2O2S/c1-18(19-6-3-2-4-7-19)17-31-29(34)21-10-12-27-25(15-21)32-28(20-8-5-9-23(33)14-20)24-16-22(30)11-13-26(24)35-27/h2-16,18,33H,17H2,1H3,(H,31,34). The first-order chi connectivity index (χ1) is 17.0. The van der Waals surface area contributed by atoms with E-state index in [1.807, 2.05) is 30.3 Å². The van der Waals surface area contributed by atoms with E-state index in [2.05, 4.69) is 24.4 Å². The van der Waals surface area contributed by atoms with E-state index in [4.69, 9.17) is 4.99 Å². The second kappa shape index (κ2) is 9.76. The zero-order chi connectivity index (χ0) is 24.4. The van der Waals surface area contributed by atoms with Crippen LogP contribution in [0.4, 0.5) is 10.1 Å². The van der Waals surface area contributed by atoms with Gasteiger partial charge in [-0.05, 0) is 60.0 Å². The van der Waals surface area contributed by atoms with Crippen molar-refractivity contribution < 1.29 is 14.3 Å². The van der Waals surface area contributed by atoms with Gasteiger partial charge in [-0.15, -0.1) is 0 Å². The molecule has 1 heterocycles. The molecule has 5 rings (SSSR count). The van der Waals surface area contributed by atoms with E-state index in [-0.39, 0.29) is 23.4 Å². The molecule has 174 valence electrons. The second-order valence-corrected chi connectivity index (χ2v) is 9.54. The van der Waals surface area contributed by atoms with Gasteiger partial charge >= 0.3 is 0 Å². The molecule has 0 radical (unpaired) electrons. The van der Waals surface area contributed by atoms with Crippen molar-refractivity contribution in [2.24, 2.45) is 4.99 Å². The first-order valence-corrected chi connectivity index (χ1v) is 12.1. The van der Waals surface area contributed by atoms with Crippen LogP contribution in [0.2, 0.25) is 0 Å². The van der Waals surface area contributed by atoms with E-state index in [0.717, 1.165) is 15.4 Å². The SMILES string of the molecule is CC(CNC(=O)c1ccc2c(c1)N=C(c1cccc(O)c1)c1cc(F)ccc1S2)c1ccccc1. The molecule has 0 saturated carbocycles. The number of benzene rings is 4. The van der Waals surface area contributed by atoms with E-state index in [1.165, 1.54) is 23.9 Å². The molecule has 2 N–H and O–H groups in total. The van der Waals surface area contributed by atoms with Gasteiger partial charge in [0.25, 0.3) is 5.91 Å². The Labute approximate surface area is 207 Å². The summed E-state index contributed by atoms with van der Waals surface area (Å²) in [4.78, 5) is 19.5. The van der Waals surface area contributed by atoms with Crippen LogP contribution in [0.1, 0.15) is 39.9 Å². The Hall–Kier alpha value is -3.90. The van der Waals surface area contributed by atoms with Gasteiger partial charge in [-0.1, -0.05) is 61.2 Å². The summed E-state index contributed by atoms with van der Waals surface area (Å²) in [7, 11) is 0. The highest BCUT2D eigenvalue weighted by molar-refractivity contribution is 7.99. The lowest BCUT2D eigenvalue weighted by atomic mass is 10.0. The molecule has 4 nitrogen and oxygen atoms in total. The van der Waals surface area contributed by atoms with Crippen molar-refractivity contribution in [2.45, 2.75) is 22.6 Å². The maximum absolute atomic E-state index is 14.2. The third-order valence-corrected chi connectivity index (χ3v) is 7.07. The highest BCUT2D eigenvalue weighted by Gasteiger charge is 2.21. The Morgan fingerprint density at radius 3 is 2.57 bits per heavy atom. The van der Waals surface area contributed by atoms with Crippen LogP contribution >= 0.6 is 11.8 Å². The van der Waals surface area contributed by atoms with Gasteiger partial charge in [0.05, 0.1) is 11.4 Å². The van der Waals surface area contributed by atoms with Crippen LogP contribution in [-0.2, 0) is 0 Å². The molecular weight excluding hydrogens is 459 g/mol. The predicted molar refractivity (Wildman–Crippen MR) is 138 cm³/mol. The number of hydrogen-bond acceptors (Lipinski definition) is 4. The summed E-state index contributed by atoms with van der Waals surface area (Å²) < 4.78 is 14.2. The molecule has 1 atom stereocenters. The Morgan fingerprint density at radius 2 is 1.77 bits per heavy atom. The number of nitrogens with one attached hydrogen (secondary N) is 1. The number of aromatic hydroxyl groups is 1. The summed E-state index contributed by atoms with van der Waals surface area (Å²) in [6.07, 6.45) is 0. The largest absolute Gasteiger partial charge is 0.508 e. The molecule has 1 unspecified atom stereocenters. The first kappa shape index (κ1) is 22.9. The van der Waals surface area contributed by atoms with Crippen molar-refractivity contribution in [3.05, 3.63) is 119 Å². The number of aliphatic imine (C=N–C) groups is 1. The molecule has 0 aliphatic carbocycles. The quantitative estimate of drug-likeness (QED) is 0.293. The fourth-order valence-electron chi connectivity index (χ4n) is 4.03. The summed E-state index contributed by atoms with van der Waals surface area (Å²) in [5.41, 5.74) is 4.12. The molecule has 0 aromatic heterocycles. The lowest BCUT2D eigenvalue weighted by Crippen LogP contribution is -2.27. The van der Waals surface area contributed by atoms with Crippen molar-refractivity contribution in [1.82, 2.24) is 5.32 Å². The van der Waals surface area contributed by atoms with Crippen LogP contribution in [0.3, 0.4) is 0 Å². The number of hydrogen-bond donors (Lipinski definition) is 2. The molecule has 4 aromatic rings. The lowest BCUT2D eigenvalue weighted by molar-refractivity contribution is 0.0951. The highest BCUT2D eigenvalue weighted by Crippen LogP contribution is 2.42. The molecule has 0 spiro atoms. The molecule has 1 amide bonds. The fourth-order valence-corrected chi connectivity index (χ4v) is 5.01. The van der Waals surface area contributed by atoms with E-state index in [9.17, 15) is 14.3 Å². The number of carbonyl (C=O) groups excluding carboxylic acids is 1. The second-order valence-electron chi connectivity index (χ2n) is 8.46. The van der Waals surface area contributed by atoms with Gasteiger partial charge in [0, 0.05) is 33.0 Å². The molecule has 1 aliphatic heterocycles. The number of halogens is 1. The molecule has 0 fully saturated rings. The first-order valence-electron chi connectivity index (χ1n) is 11.3. The number of fused-ring (bicyclic) bond motifs is 2. The van der Waals surface area contributed by atoms with Crippen molar-refractivity contribution in [3.8, 4) is 5.75 Å². The summed E-state index contributed by atoms with van der Waals surface area (Å²) in [5.74, 6) is -0.268. The third-order valence-electron chi connectivity index (χ3n) is 5.93. The zero-order valence-electron chi connectivity index (χ0n) is 19.0.